The third-order valence-electron chi connectivity index (χ3n) is 1.05. The van der Waals surface area contributed by atoms with E-state index < -0.39 is 0 Å². The summed E-state index contributed by atoms with van der Waals surface area (Å²) in [7, 11) is 0. The van der Waals surface area contributed by atoms with Crippen LogP contribution in [0.3, 0.4) is 0 Å². The zero-order chi connectivity index (χ0) is 7.98. The molecule has 0 N–H and O–H groups in total. The van der Waals surface area contributed by atoms with E-state index in [1.807, 2.05) is 13.8 Å². The number of hydrogen-bond acceptors (Lipinski definition) is 1. The summed E-state index contributed by atoms with van der Waals surface area (Å²) in [6.45, 7) is 5.41. The molecule has 0 aliphatic rings. The average Bonchev–Trinajstić information content (AvgIpc) is 1.89. The molecule has 0 aromatic carbocycles. The predicted molar refractivity (Wildman–Crippen MR) is 42.8 cm³/mol. The maximum absolute atomic E-state index is 10.9. The van der Waals surface area contributed by atoms with Gasteiger partial charge in [-0.05, 0) is 32.9 Å². The van der Waals surface area contributed by atoms with E-state index in [0.717, 1.165) is 0 Å². The van der Waals surface area contributed by atoms with Crippen molar-refractivity contribution >= 4 is 5.78 Å². The maximum atomic E-state index is 10.9. The lowest BCUT2D eigenvalue weighted by Crippen LogP contribution is -1.91. The minimum absolute atomic E-state index is 0.0283. The third-order valence-corrected chi connectivity index (χ3v) is 1.05. The minimum atomic E-state index is 0.0283. The Bertz CT molecular complexity index is 203. The van der Waals surface area contributed by atoms with E-state index in [4.69, 9.17) is 0 Å². The van der Waals surface area contributed by atoms with Gasteiger partial charge in [0.1, 0.15) is 0 Å². The van der Waals surface area contributed by atoms with Crippen LogP contribution in [0.1, 0.15) is 20.8 Å². The molecule has 0 aliphatic carbocycles. The Morgan fingerprint density at radius 2 is 2.00 bits per heavy atom. The van der Waals surface area contributed by atoms with E-state index in [1.165, 1.54) is 6.08 Å². The van der Waals surface area contributed by atoms with E-state index >= 15 is 0 Å². The lowest BCUT2D eigenvalue weighted by molar-refractivity contribution is -0.111. The molecule has 0 saturated carbocycles. The molecule has 0 radical (unpaired) electrons. The highest BCUT2D eigenvalue weighted by molar-refractivity contribution is 6.03. The van der Waals surface area contributed by atoms with Crippen molar-refractivity contribution in [3.63, 3.8) is 0 Å². The first-order valence-electron chi connectivity index (χ1n) is 3.27. The molecule has 0 amide bonds. The topological polar surface area (TPSA) is 17.1 Å². The first-order valence-corrected chi connectivity index (χ1v) is 3.27. The highest BCUT2D eigenvalue weighted by Gasteiger charge is 1.94. The lowest BCUT2D eigenvalue weighted by atomic mass is 10.2. The minimum Gasteiger partial charge on any atom is -0.289 e. The van der Waals surface area contributed by atoms with Crippen LogP contribution < -0.4 is 0 Å². The van der Waals surface area contributed by atoms with E-state index in [0.29, 0.717) is 5.57 Å². The molecule has 0 bridgehead atoms. The molecule has 10 heavy (non-hydrogen) atoms. The molecule has 0 aromatic heterocycles. The van der Waals surface area contributed by atoms with E-state index in [1.54, 1.807) is 19.1 Å². The first-order chi connectivity index (χ1) is 4.72. The molecular formula is C9H12O. The number of carbonyl (C=O) groups is 1. The van der Waals surface area contributed by atoms with Gasteiger partial charge in [0.15, 0.2) is 5.78 Å². The average molecular weight is 136 g/mol. The van der Waals surface area contributed by atoms with Crippen molar-refractivity contribution in [2.45, 2.75) is 20.8 Å². The number of rotatable bonds is 2. The molecule has 1 heteroatoms. The molecule has 54 valence electrons. The van der Waals surface area contributed by atoms with Crippen LogP contribution in [0.4, 0.5) is 0 Å². The van der Waals surface area contributed by atoms with Crippen molar-refractivity contribution < 1.29 is 4.79 Å². The molecule has 0 aliphatic heterocycles. The van der Waals surface area contributed by atoms with Gasteiger partial charge in [-0.2, -0.15) is 0 Å². The van der Waals surface area contributed by atoms with Crippen molar-refractivity contribution in [3.05, 3.63) is 29.5 Å². The quantitative estimate of drug-likeness (QED) is 0.420. The summed E-state index contributed by atoms with van der Waals surface area (Å²) in [5.41, 5.74) is 3.47. The summed E-state index contributed by atoms with van der Waals surface area (Å²) in [6, 6.07) is 0. The summed E-state index contributed by atoms with van der Waals surface area (Å²) in [5.74, 6) is 0.0283. The van der Waals surface area contributed by atoms with Gasteiger partial charge in [-0.25, -0.2) is 0 Å². The molecule has 1 nitrogen and oxygen atoms in total. The highest BCUT2D eigenvalue weighted by Crippen LogP contribution is 1.92. The Hall–Kier alpha value is -1.07. The summed E-state index contributed by atoms with van der Waals surface area (Å²) in [6.07, 6.45) is 4.99. The standard InChI is InChI=1S/C9H12O/c1-4-6-8(3)9(10)7-5-2/h4-5,7H,1-3H3/b7-5+. The van der Waals surface area contributed by atoms with Crippen LogP contribution in [0.15, 0.2) is 29.5 Å². The molecule has 0 spiro atoms. The van der Waals surface area contributed by atoms with Gasteiger partial charge in [0.2, 0.25) is 0 Å². The second-order valence-corrected chi connectivity index (χ2v) is 1.92. The number of ketones is 1. The van der Waals surface area contributed by atoms with Crippen LogP contribution in [-0.4, -0.2) is 5.78 Å². The van der Waals surface area contributed by atoms with E-state index in [2.05, 4.69) is 5.73 Å². The van der Waals surface area contributed by atoms with Crippen LogP contribution in [0.25, 0.3) is 0 Å². The highest BCUT2D eigenvalue weighted by atomic mass is 16.1. The van der Waals surface area contributed by atoms with Crippen molar-refractivity contribution in [3.8, 4) is 0 Å². The smallest absolute Gasteiger partial charge is 0.188 e. The van der Waals surface area contributed by atoms with Gasteiger partial charge in [-0.1, -0.05) is 6.08 Å². The van der Waals surface area contributed by atoms with Gasteiger partial charge < -0.3 is 0 Å². The largest absolute Gasteiger partial charge is 0.289 e. The molecule has 0 fully saturated rings. The summed E-state index contributed by atoms with van der Waals surface area (Å²) in [5, 5.41) is 0. The third kappa shape index (κ3) is 3.06. The maximum Gasteiger partial charge on any atom is 0.188 e. The molecule has 0 aromatic rings. The predicted octanol–water partition coefficient (Wildman–Crippen LogP) is 2.25. The first kappa shape index (κ1) is 8.93. The summed E-state index contributed by atoms with van der Waals surface area (Å²) >= 11 is 0. The van der Waals surface area contributed by atoms with Gasteiger partial charge in [-0.15, -0.1) is 5.73 Å². The van der Waals surface area contributed by atoms with Gasteiger partial charge in [0.05, 0.1) is 0 Å². The normalized spacial score (nSPS) is 9.10. The van der Waals surface area contributed by atoms with Crippen LogP contribution in [-0.2, 0) is 4.79 Å². The molecule has 0 saturated heterocycles. The van der Waals surface area contributed by atoms with Crippen molar-refractivity contribution in [2.24, 2.45) is 0 Å². The van der Waals surface area contributed by atoms with E-state index in [-0.39, 0.29) is 5.78 Å². The fraction of sp³-hybridized carbons (Fsp3) is 0.333. The second-order valence-electron chi connectivity index (χ2n) is 1.92. The second kappa shape index (κ2) is 4.78. The zero-order valence-electron chi connectivity index (χ0n) is 6.64. The van der Waals surface area contributed by atoms with Crippen LogP contribution >= 0.6 is 0 Å². The zero-order valence-corrected chi connectivity index (χ0v) is 6.64. The SMILES string of the molecule is CC=C=C(C)C(=O)/C=C/C. The fourth-order valence-electron chi connectivity index (χ4n) is 0.564. The summed E-state index contributed by atoms with van der Waals surface area (Å²) < 4.78 is 0. The monoisotopic (exact) mass is 136 g/mol. The van der Waals surface area contributed by atoms with Gasteiger partial charge in [-0.3, -0.25) is 4.79 Å². The van der Waals surface area contributed by atoms with Crippen LogP contribution in [0.5, 0.6) is 0 Å². The lowest BCUT2D eigenvalue weighted by Gasteiger charge is -1.86. The van der Waals surface area contributed by atoms with Crippen LogP contribution in [0, 0.1) is 0 Å². The molecule has 0 unspecified atom stereocenters. The number of carbonyl (C=O) groups excluding carboxylic acids is 1. The van der Waals surface area contributed by atoms with Gasteiger partial charge >= 0.3 is 0 Å². The Morgan fingerprint density at radius 1 is 1.40 bits per heavy atom. The van der Waals surface area contributed by atoms with Gasteiger partial charge in [0.25, 0.3) is 0 Å². The number of hydrogen-bond donors (Lipinski definition) is 0. The summed E-state index contributed by atoms with van der Waals surface area (Å²) in [4.78, 5) is 10.9. The Morgan fingerprint density at radius 3 is 2.40 bits per heavy atom. The Balaban J connectivity index is 4.37. The molecule has 0 atom stereocenters. The molecule has 0 heterocycles. The molecule has 0 rings (SSSR count). The van der Waals surface area contributed by atoms with E-state index in [9.17, 15) is 4.79 Å². The van der Waals surface area contributed by atoms with Crippen LogP contribution in [0.2, 0.25) is 0 Å². The van der Waals surface area contributed by atoms with Gasteiger partial charge in [0, 0.05) is 5.57 Å². The van der Waals surface area contributed by atoms with Crippen molar-refractivity contribution in [2.75, 3.05) is 0 Å². The molecular weight excluding hydrogens is 124 g/mol. The number of allylic oxidation sites excluding steroid dienone is 3. The fourth-order valence-corrected chi connectivity index (χ4v) is 0.564. The Labute approximate surface area is 61.8 Å². The van der Waals surface area contributed by atoms with Crippen molar-refractivity contribution in [1.82, 2.24) is 0 Å². The van der Waals surface area contributed by atoms with Crippen molar-refractivity contribution in [1.29, 1.82) is 0 Å². The Kier molecular flexibility index (Phi) is 4.26.